The van der Waals surface area contributed by atoms with Crippen LogP contribution in [0, 0.1) is 0 Å². The van der Waals surface area contributed by atoms with Crippen molar-refractivity contribution in [1.82, 2.24) is 4.98 Å². The fraction of sp³-hybridized carbons (Fsp3) is 0. The predicted octanol–water partition coefficient (Wildman–Crippen LogP) is 11.2. The summed E-state index contributed by atoms with van der Waals surface area (Å²) >= 11 is 0. The second-order valence-corrected chi connectivity index (χ2v) is 10.8. The minimum Gasteiger partial charge on any atom is -0.456 e. The molecular formula is C39H24N2O2. The van der Waals surface area contributed by atoms with Crippen LogP contribution in [0.5, 0.6) is 0 Å². The Morgan fingerprint density at radius 3 is 2.05 bits per heavy atom. The highest BCUT2D eigenvalue weighted by molar-refractivity contribution is 6.18. The summed E-state index contributed by atoms with van der Waals surface area (Å²) in [6, 6.07) is 48.5. The van der Waals surface area contributed by atoms with Crippen LogP contribution in [-0.2, 0) is 0 Å². The maximum atomic E-state index is 6.24. The second kappa shape index (κ2) is 9.33. The zero-order chi connectivity index (χ0) is 28.3. The summed E-state index contributed by atoms with van der Waals surface area (Å²) in [5, 5.41) is 5.61. The molecule has 43 heavy (non-hydrogen) atoms. The molecule has 0 radical (unpaired) electrons. The van der Waals surface area contributed by atoms with Crippen molar-refractivity contribution in [2.24, 2.45) is 0 Å². The predicted molar refractivity (Wildman–Crippen MR) is 176 cm³/mol. The topological polar surface area (TPSA) is 42.4 Å². The molecule has 6 aromatic carbocycles. The zero-order valence-electron chi connectivity index (χ0n) is 23.1. The van der Waals surface area contributed by atoms with Crippen LogP contribution < -0.4 is 4.90 Å². The fourth-order valence-electron chi connectivity index (χ4n) is 6.27. The number of furan rings is 2. The van der Waals surface area contributed by atoms with Crippen LogP contribution in [0.3, 0.4) is 0 Å². The van der Waals surface area contributed by atoms with Crippen molar-refractivity contribution in [3.63, 3.8) is 0 Å². The van der Waals surface area contributed by atoms with Gasteiger partial charge in [-0.2, -0.15) is 0 Å². The van der Waals surface area contributed by atoms with Crippen LogP contribution >= 0.6 is 0 Å². The average molecular weight is 553 g/mol. The first kappa shape index (κ1) is 23.8. The Hall–Kier alpha value is -5.87. The number of nitrogens with zero attached hydrogens (tertiary/aromatic N) is 2. The maximum Gasteiger partial charge on any atom is 0.153 e. The molecule has 0 amide bonds. The third kappa shape index (κ3) is 3.81. The molecule has 4 heteroatoms. The van der Waals surface area contributed by atoms with Gasteiger partial charge in [0.25, 0.3) is 0 Å². The zero-order valence-corrected chi connectivity index (χ0v) is 23.1. The number of anilines is 3. The monoisotopic (exact) mass is 552 g/mol. The van der Waals surface area contributed by atoms with Crippen LogP contribution in [0.4, 0.5) is 17.1 Å². The Morgan fingerprint density at radius 2 is 1.14 bits per heavy atom. The summed E-state index contributed by atoms with van der Waals surface area (Å²) in [5.41, 5.74) is 9.81. The molecular weight excluding hydrogens is 528 g/mol. The fourth-order valence-corrected chi connectivity index (χ4v) is 6.27. The Kier molecular flexibility index (Phi) is 5.16. The van der Waals surface area contributed by atoms with Gasteiger partial charge in [-0.1, -0.05) is 66.7 Å². The van der Waals surface area contributed by atoms with Crippen molar-refractivity contribution in [1.29, 1.82) is 0 Å². The first-order valence-corrected chi connectivity index (χ1v) is 14.4. The van der Waals surface area contributed by atoms with Crippen LogP contribution in [-0.4, -0.2) is 4.98 Å². The summed E-state index contributed by atoms with van der Waals surface area (Å²) in [7, 11) is 0. The Bertz CT molecular complexity index is 2450. The van der Waals surface area contributed by atoms with Crippen LogP contribution in [0.25, 0.3) is 65.9 Å². The van der Waals surface area contributed by atoms with Crippen LogP contribution in [0.2, 0.25) is 0 Å². The molecule has 0 atom stereocenters. The average Bonchev–Trinajstić information content (AvgIpc) is 3.64. The third-order valence-electron chi connectivity index (χ3n) is 8.30. The number of fused-ring (bicyclic) bond motifs is 8. The van der Waals surface area contributed by atoms with E-state index in [9.17, 15) is 0 Å². The van der Waals surface area contributed by atoms with Gasteiger partial charge in [0.2, 0.25) is 0 Å². The Labute approximate surface area is 247 Å². The van der Waals surface area contributed by atoms with Gasteiger partial charge in [0.1, 0.15) is 22.3 Å². The molecule has 4 nitrogen and oxygen atoms in total. The molecule has 0 aliphatic carbocycles. The standard InChI is InChI=1S/C39H24N2O2/c1-2-7-28(8-3-1)41(30-19-20-32-31-9-4-5-10-34(31)42-37(32)24-30)29-17-14-25(15-18-29)27-13-12-26-16-21-35-38(33(26)23-27)39-36(43-35)11-6-22-40-39/h1-24H. The Morgan fingerprint density at radius 1 is 0.442 bits per heavy atom. The summed E-state index contributed by atoms with van der Waals surface area (Å²) in [4.78, 5) is 6.90. The van der Waals surface area contributed by atoms with Crippen molar-refractivity contribution in [2.75, 3.05) is 4.90 Å². The first-order chi connectivity index (χ1) is 21.3. The van der Waals surface area contributed by atoms with E-state index in [2.05, 4.69) is 113 Å². The third-order valence-corrected chi connectivity index (χ3v) is 8.30. The molecule has 0 aliphatic heterocycles. The van der Waals surface area contributed by atoms with E-state index in [1.54, 1.807) is 0 Å². The van der Waals surface area contributed by atoms with Gasteiger partial charge in [-0.3, -0.25) is 4.98 Å². The lowest BCUT2D eigenvalue weighted by molar-refractivity contribution is 0.668. The largest absolute Gasteiger partial charge is 0.456 e. The van der Waals surface area contributed by atoms with Crippen LogP contribution in [0.15, 0.2) is 155 Å². The van der Waals surface area contributed by atoms with E-state index in [-0.39, 0.29) is 0 Å². The van der Waals surface area contributed by atoms with Gasteiger partial charge in [-0.15, -0.1) is 0 Å². The van der Waals surface area contributed by atoms with Crippen molar-refractivity contribution < 1.29 is 8.83 Å². The van der Waals surface area contributed by atoms with E-state index in [1.807, 2.05) is 42.6 Å². The molecule has 0 bridgehead atoms. The Balaban J connectivity index is 1.15. The van der Waals surface area contributed by atoms with E-state index >= 15 is 0 Å². The van der Waals surface area contributed by atoms with Crippen LogP contribution in [0.1, 0.15) is 0 Å². The second-order valence-electron chi connectivity index (χ2n) is 10.8. The number of hydrogen-bond donors (Lipinski definition) is 0. The molecule has 3 heterocycles. The molecule has 0 saturated heterocycles. The quantitative estimate of drug-likeness (QED) is 0.218. The van der Waals surface area contributed by atoms with E-state index in [0.29, 0.717) is 0 Å². The van der Waals surface area contributed by atoms with Crippen molar-refractivity contribution >= 4 is 71.8 Å². The lowest BCUT2D eigenvalue weighted by Gasteiger charge is -2.25. The van der Waals surface area contributed by atoms with Gasteiger partial charge < -0.3 is 13.7 Å². The molecule has 0 unspecified atom stereocenters. The molecule has 202 valence electrons. The van der Waals surface area contributed by atoms with Gasteiger partial charge >= 0.3 is 0 Å². The molecule has 0 saturated carbocycles. The number of pyridine rings is 1. The molecule has 9 aromatic rings. The van der Waals surface area contributed by atoms with Gasteiger partial charge in [0.15, 0.2) is 5.58 Å². The number of para-hydroxylation sites is 2. The minimum absolute atomic E-state index is 0.807. The number of aromatic nitrogens is 1. The SMILES string of the molecule is c1ccc(N(c2ccc(-c3ccc4ccc5oc6cccnc6c5c4c3)cc2)c2ccc3c(c2)oc2ccccc23)cc1. The summed E-state index contributed by atoms with van der Waals surface area (Å²) in [5.74, 6) is 0. The van der Waals surface area contributed by atoms with Gasteiger partial charge in [0, 0.05) is 40.1 Å². The van der Waals surface area contributed by atoms with Crippen molar-refractivity contribution in [2.45, 2.75) is 0 Å². The summed E-state index contributed by atoms with van der Waals surface area (Å²) in [6.45, 7) is 0. The number of rotatable bonds is 4. The number of benzene rings is 6. The lowest BCUT2D eigenvalue weighted by Crippen LogP contribution is -2.09. The van der Waals surface area contributed by atoms with E-state index in [4.69, 9.17) is 8.83 Å². The van der Waals surface area contributed by atoms with E-state index in [1.165, 1.54) is 0 Å². The molecule has 0 aliphatic rings. The summed E-state index contributed by atoms with van der Waals surface area (Å²) < 4.78 is 12.3. The highest BCUT2D eigenvalue weighted by Crippen LogP contribution is 2.40. The summed E-state index contributed by atoms with van der Waals surface area (Å²) in [6.07, 6.45) is 1.82. The minimum atomic E-state index is 0.807. The lowest BCUT2D eigenvalue weighted by atomic mass is 9.98. The van der Waals surface area contributed by atoms with Gasteiger partial charge in [-0.25, -0.2) is 0 Å². The normalized spacial score (nSPS) is 11.7. The highest BCUT2D eigenvalue weighted by atomic mass is 16.3. The van der Waals surface area contributed by atoms with Gasteiger partial charge in [-0.05, 0) is 88.6 Å². The van der Waals surface area contributed by atoms with Crippen molar-refractivity contribution in [3.8, 4) is 11.1 Å². The molecule has 3 aromatic heterocycles. The molecule has 0 fully saturated rings. The highest BCUT2D eigenvalue weighted by Gasteiger charge is 2.16. The van der Waals surface area contributed by atoms with Crippen molar-refractivity contribution in [3.05, 3.63) is 146 Å². The molecule has 9 rings (SSSR count). The first-order valence-electron chi connectivity index (χ1n) is 14.4. The molecule has 0 spiro atoms. The maximum absolute atomic E-state index is 6.24. The van der Waals surface area contributed by atoms with E-state index in [0.717, 1.165) is 83.0 Å². The van der Waals surface area contributed by atoms with E-state index < -0.39 is 0 Å². The molecule has 0 N–H and O–H groups in total. The number of hydrogen-bond acceptors (Lipinski definition) is 4. The van der Waals surface area contributed by atoms with Gasteiger partial charge in [0.05, 0.1) is 5.39 Å². The smallest absolute Gasteiger partial charge is 0.153 e.